The third-order valence-corrected chi connectivity index (χ3v) is 4.83. The predicted octanol–water partition coefficient (Wildman–Crippen LogP) is 5.40. The fourth-order valence-electron chi connectivity index (χ4n) is 3.16. The standard InChI is InChI=1S/C20H15BrF3N5O/c1-12-9-13(2)28(26-12)17-8-5-15(21)10-18(17)29-19(11-25-27-29)14-3-6-16(7-4-14)30-20(22,23)24/h3-11H,1-2H3. The third kappa shape index (κ3) is 4.09. The van der Waals surface area contributed by atoms with E-state index in [1.54, 1.807) is 10.9 Å². The fourth-order valence-corrected chi connectivity index (χ4v) is 3.50. The van der Waals surface area contributed by atoms with E-state index in [9.17, 15) is 13.2 Å². The summed E-state index contributed by atoms with van der Waals surface area (Å²) in [6.07, 6.45) is -3.19. The van der Waals surface area contributed by atoms with Gasteiger partial charge in [0.15, 0.2) is 0 Å². The number of nitrogens with zero attached hydrogens (tertiary/aromatic N) is 5. The Kier molecular flexibility index (Phi) is 5.10. The molecule has 0 N–H and O–H groups in total. The zero-order chi connectivity index (χ0) is 21.5. The van der Waals surface area contributed by atoms with Gasteiger partial charge in [0.2, 0.25) is 0 Å². The Balaban J connectivity index is 1.79. The zero-order valence-corrected chi connectivity index (χ0v) is 17.4. The highest BCUT2D eigenvalue weighted by Crippen LogP contribution is 2.30. The summed E-state index contributed by atoms with van der Waals surface area (Å²) in [7, 11) is 0. The highest BCUT2D eigenvalue weighted by Gasteiger charge is 2.31. The van der Waals surface area contributed by atoms with Crippen LogP contribution in [0.5, 0.6) is 5.75 Å². The number of hydrogen-bond acceptors (Lipinski definition) is 4. The second kappa shape index (κ2) is 7.60. The molecule has 6 nitrogen and oxygen atoms in total. The molecule has 4 rings (SSSR count). The first-order chi connectivity index (χ1) is 14.2. The summed E-state index contributed by atoms with van der Waals surface area (Å²) in [5.74, 6) is -0.295. The molecule has 0 saturated carbocycles. The number of halogens is 4. The summed E-state index contributed by atoms with van der Waals surface area (Å²) in [5, 5.41) is 12.8. The normalized spacial score (nSPS) is 11.7. The minimum atomic E-state index is -4.74. The van der Waals surface area contributed by atoms with Gasteiger partial charge in [-0.15, -0.1) is 18.3 Å². The molecular formula is C20H15BrF3N5O. The van der Waals surface area contributed by atoms with E-state index in [4.69, 9.17) is 0 Å². The van der Waals surface area contributed by atoms with Gasteiger partial charge in [0, 0.05) is 15.7 Å². The quantitative estimate of drug-likeness (QED) is 0.394. The van der Waals surface area contributed by atoms with Crippen LogP contribution in [0.15, 0.2) is 59.2 Å². The molecule has 0 aliphatic heterocycles. The molecule has 10 heteroatoms. The van der Waals surface area contributed by atoms with Gasteiger partial charge in [-0.05, 0) is 62.4 Å². The number of benzene rings is 2. The second-order valence-electron chi connectivity index (χ2n) is 6.58. The van der Waals surface area contributed by atoms with Crippen LogP contribution in [0.2, 0.25) is 0 Å². The molecule has 2 aromatic carbocycles. The van der Waals surface area contributed by atoms with Gasteiger partial charge in [-0.25, -0.2) is 9.36 Å². The molecule has 2 aromatic heterocycles. The maximum absolute atomic E-state index is 12.4. The summed E-state index contributed by atoms with van der Waals surface area (Å²) in [4.78, 5) is 0. The lowest BCUT2D eigenvalue weighted by Crippen LogP contribution is -2.16. The summed E-state index contributed by atoms with van der Waals surface area (Å²) >= 11 is 3.48. The van der Waals surface area contributed by atoms with Crippen LogP contribution in [0.4, 0.5) is 13.2 Å². The highest BCUT2D eigenvalue weighted by molar-refractivity contribution is 9.10. The largest absolute Gasteiger partial charge is 0.573 e. The summed E-state index contributed by atoms with van der Waals surface area (Å²) in [5.41, 5.74) is 4.56. The molecule has 0 aliphatic carbocycles. The van der Waals surface area contributed by atoms with Crippen LogP contribution in [0.3, 0.4) is 0 Å². The summed E-state index contributed by atoms with van der Waals surface area (Å²) in [6, 6.07) is 13.2. The number of aryl methyl sites for hydroxylation is 2. The highest BCUT2D eigenvalue weighted by atomic mass is 79.9. The van der Waals surface area contributed by atoms with Gasteiger partial charge in [-0.2, -0.15) is 5.10 Å². The first-order valence-corrected chi connectivity index (χ1v) is 9.61. The van der Waals surface area contributed by atoms with Gasteiger partial charge in [-0.1, -0.05) is 21.1 Å². The molecule has 0 unspecified atom stereocenters. The first kappa shape index (κ1) is 20.1. The Labute approximate surface area is 178 Å². The Morgan fingerprint density at radius 2 is 1.67 bits per heavy atom. The lowest BCUT2D eigenvalue weighted by molar-refractivity contribution is -0.274. The van der Waals surface area contributed by atoms with Crippen LogP contribution in [0, 0.1) is 13.8 Å². The van der Waals surface area contributed by atoms with E-state index in [1.165, 1.54) is 24.3 Å². The molecule has 0 radical (unpaired) electrons. The SMILES string of the molecule is Cc1cc(C)n(-c2ccc(Br)cc2-n2nncc2-c2ccc(OC(F)(F)F)cc2)n1. The van der Waals surface area contributed by atoms with Crippen molar-refractivity contribution in [2.45, 2.75) is 20.2 Å². The van der Waals surface area contributed by atoms with Crippen molar-refractivity contribution in [3.8, 4) is 28.4 Å². The van der Waals surface area contributed by atoms with Gasteiger partial charge >= 0.3 is 6.36 Å². The number of ether oxygens (including phenoxy) is 1. The van der Waals surface area contributed by atoms with Crippen LogP contribution < -0.4 is 4.74 Å². The molecule has 0 amide bonds. The summed E-state index contributed by atoms with van der Waals surface area (Å²) < 4.78 is 45.5. The molecule has 4 aromatic rings. The molecule has 2 heterocycles. The molecular weight excluding hydrogens is 463 g/mol. The van der Waals surface area contributed by atoms with Crippen molar-refractivity contribution in [1.82, 2.24) is 24.8 Å². The zero-order valence-electron chi connectivity index (χ0n) is 15.9. The number of alkyl halides is 3. The molecule has 30 heavy (non-hydrogen) atoms. The van der Waals surface area contributed by atoms with Crippen molar-refractivity contribution in [3.63, 3.8) is 0 Å². The Morgan fingerprint density at radius 1 is 0.933 bits per heavy atom. The van der Waals surface area contributed by atoms with Crippen LogP contribution in [0.25, 0.3) is 22.6 Å². The van der Waals surface area contributed by atoms with Crippen molar-refractivity contribution in [2.75, 3.05) is 0 Å². The Bertz CT molecular complexity index is 1200. The van der Waals surface area contributed by atoms with Crippen molar-refractivity contribution in [1.29, 1.82) is 0 Å². The van der Waals surface area contributed by atoms with E-state index < -0.39 is 6.36 Å². The van der Waals surface area contributed by atoms with Crippen molar-refractivity contribution in [3.05, 3.63) is 70.6 Å². The lowest BCUT2D eigenvalue weighted by Gasteiger charge is -2.14. The van der Waals surface area contributed by atoms with E-state index in [0.29, 0.717) is 16.9 Å². The van der Waals surface area contributed by atoms with Crippen LogP contribution in [-0.4, -0.2) is 31.1 Å². The second-order valence-corrected chi connectivity index (χ2v) is 7.49. The Morgan fingerprint density at radius 3 is 2.30 bits per heavy atom. The fraction of sp³-hybridized carbons (Fsp3) is 0.150. The van der Waals surface area contributed by atoms with Crippen LogP contribution in [0.1, 0.15) is 11.4 Å². The number of rotatable bonds is 4. The maximum atomic E-state index is 12.4. The number of hydrogen-bond donors (Lipinski definition) is 0. The molecule has 0 saturated heterocycles. The predicted molar refractivity (Wildman–Crippen MR) is 108 cm³/mol. The molecule has 0 atom stereocenters. The molecule has 154 valence electrons. The molecule has 0 fully saturated rings. The van der Waals surface area contributed by atoms with Crippen molar-refractivity contribution in [2.24, 2.45) is 0 Å². The van der Waals surface area contributed by atoms with Gasteiger partial charge in [0.1, 0.15) is 5.75 Å². The van der Waals surface area contributed by atoms with Gasteiger partial charge in [0.25, 0.3) is 0 Å². The topological polar surface area (TPSA) is 57.8 Å². The van der Waals surface area contributed by atoms with Gasteiger partial charge < -0.3 is 4.74 Å². The van der Waals surface area contributed by atoms with E-state index in [0.717, 1.165) is 21.5 Å². The maximum Gasteiger partial charge on any atom is 0.573 e. The van der Waals surface area contributed by atoms with Crippen LogP contribution in [-0.2, 0) is 0 Å². The first-order valence-electron chi connectivity index (χ1n) is 8.82. The average molecular weight is 478 g/mol. The van der Waals surface area contributed by atoms with Crippen LogP contribution >= 0.6 is 15.9 Å². The monoisotopic (exact) mass is 477 g/mol. The number of aromatic nitrogens is 5. The molecule has 0 aliphatic rings. The van der Waals surface area contributed by atoms with Crippen molar-refractivity contribution < 1.29 is 17.9 Å². The summed E-state index contributed by atoms with van der Waals surface area (Å²) in [6.45, 7) is 3.86. The van der Waals surface area contributed by atoms with Crippen molar-refractivity contribution >= 4 is 15.9 Å². The van der Waals surface area contributed by atoms with E-state index >= 15 is 0 Å². The smallest absolute Gasteiger partial charge is 0.406 e. The average Bonchev–Trinajstić information content (AvgIpc) is 3.27. The third-order valence-electron chi connectivity index (χ3n) is 4.34. The van der Waals surface area contributed by atoms with E-state index in [1.807, 2.05) is 42.8 Å². The van der Waals surface area contributed by atoms with E-state index in [2.05, 4.69) is 36.1 Å². The molecule has 0 spiro atoms. The Hall–Kier alpha value is -3.14. The van der Waals surface area contributed by atoms with Gasteiger partial charge in [-0.3, -0.25) is 0 Å². The van der Waals surface area contributed by atoms with Gasteiger partial charge in [0.05, 0.1) is 29.0 Å². The molecule has 0 bridgehead atoms. The lowest BCUT2D eigenvalue weighted by atomic mass is 10.1. The minimum absolute atomic E-state index is 0.295. The minimum Gasteiger partial charge on any atom is -0.406 e. The van der Waals surface area contributed by atoms with E-state index in [-0.39, 0.29) is 5.75 Å².